The topological polar surface area (TPSA) is 38.7 Å². The molecule has 5 heavy (non-hydrogen) atoms. The van der Waals surface area contributed by atoms with Crippen LogP contribution in [0.3, 0.4) is 0 Å². The van der Waals surface area contributed by atoms with E-state index in [0.29, 0.717) is 0 Å². The summed E-state index contributed by atoms with van der Waals surface area (Å²) in [6.07, 6.45) is 0. The van der Waals surface area contributed by atoms with Gasteiger partial charge in [0.1, 0.15) is 5.34 Å². The van der Waals surface area contributed by atoms with Gasteiger partial charge in [-0.3, -0.25) is 0 Å². The van der Waals surface area contributed by atoms with E-state index in [2.05, 4.69) is 9.87 Å². The lowest BCUT2D eigenvalue weighted by molar-refractivity contribution is 0.366. The zero-order valence-corrected chi connectivity index (χ0v) is 6.39. The SMILES string of the molecule is O=NO[SiH2][SiH3]. The van der Waals surface area contributed by atoms with Gasteiger partial charge >= 0.3 is 0 Å². The van der Waals surface area contributed by atoms with E-state index in [1.54, 1.807) is 0 Å². The highest BCUT2D eigenvalue weighted by Gasteiger charge is 1.65. The minimum atomic E-state index is -0.426. The second kappa shape index (κ2) is 3.83. The van der Waals surface area contributed by atoms with E-state index < -0.39 is 9.28 Å². The Labute approximate surface area is 34.8 Å². The van der Waals surface area contributed by atoms with Crippen molar-refractivity contribution in [1.29, 1.82) is 0 Å². The molecule has 0 rings (SSSR count). The molecule has 0 aliphatic heterocycles. The molecule has 0 N–H and O–H groups in total. The van der Waals surface area contributed by atoms with Gasteiger partial charge in [-0.2, -0.15) is 0 Å². The van der Waals surface area contributed by atoms with Gasteiger partial charge in [0.2, 0.25) is 9.28 Å². The van der Waals surface area contributed by atoms with Gasteiger partial charge < -0.3 is 4.53 Å². The third-order valence-corrected chi connectivity index (χ3v) is 1.32. The molecule has 3 nitrogen and oxygen atoms in total. The Balaban J connectivity index is 2.40. The Hall–Kier alpha value is -0.166. The van der Waals surface area contributed by atoms with Crippen LogP contribution in [0.4, 0.5) is 0 Å². The van der Waals surface area contributed by atoms with E-state index in [-0.39, 0.29) is 0 Å². The molecule has 0 saturated carbocycles. The predicted octanol–water partition coefficient (Wildman–Crippen LogP) is -1.95. The highest BCUT2D eigenvalue weighted by molar-refractivity contribution is 6.85. The molecule has 0 saturated heterocycles. The van der Waals surface area contributed by atoms with Crippen LogP contribution >= 0.6 is 0 Å². The molecule has 0 unspecified atom stereocenters. The molecule has 30 valence electrons. The molecule has 0 atom stereocenters. The van der Waals surface area contributed by atoms with Crippen LogP contribution in [0, 0.1) is 4.91 Å². The zero-order valence-electron chi connectivity index (χ0n) is 2.97. The molecule has 0 aromatic heterocycles. The number of hydrogen-bond donors (Lipinski definition) is 0. The predicted molar refractivity (Wildman–Crippen MR) is 25.4 cm³/mol. The molecule has 0 radical (unpaired) electrons. The normalized spacial score (nSPS) is 9.60. The van der Waals surface area contributed by atoms with Gasteiger partial charge in [0.05, 0.1) is 0 Å². The Morgan fingerprint density at radius 3 is 2.60 bits per heavy atom. The van der Waals surface area contributed by atoms with Crippen LogP contribution < -0.4 is 0 Å². The average molecular weight is 107 g/mol. The van der Waals surface area contributed by atoms with Crippen molar-refractivity contribution in [1.82, 2.24) is 0 Å². The third kappa shape index (κ3) is 3.83. The van der Waals surface area contributed by atoms with E-state index in [1.165, 1.54) is 0 Å². The third-order valence-electron chi connectivity index (χ3n) is 0.182. The number of nitrogens with zero attached hydrogens (tertiary/aromatic N) is 1. The van der Waals surface area contributed by atoms with Gasteiger partial charge in [-0.1, -0.05) is 0 Å². The molecule has 0 aliphatic carbocycles. The van der Waals surface area contributed by atoms with Crippen molar-refractivity contribution in [2.45, 2.75) is 0 Å². The fourth-order valence-electron chi connectivity index (χ4n) is 0.0527. The summed E-state index contributed by atoms with van der Waals surface area (Å²) in [7, 11) is 0.595. The lowest BCUT2D eigenvalue weighted by Crippen LogP contribution is -1.86. The van der Waals surface area contributed by atoms with E-state index in [1.807, 2.05) is 0 Å². The van der Waals surface area contributed by atoms with E-state index in [9.17, 15) is 0 Å². The summed E-state index contributed by atoms with van der Waals surface area (Å²) in [5.74, 6) is 0. The first-order valence-corrected chi connectivity index (χ1v) is 7.60. The van der Waals surface area contributed by atoms with E-state index in [0.717, 1.165) is 9.76 Å². The fourth-order valence-corrected chi connectivity index (χ4v) is 0.474. The van der Waals surface area contributed by atoms with Crippen LogP contribution in [0.15, 0.2) is 5.34 Å². The van der Waals surface area contributed by atoms with Crippen molar-refractivity contribution in [3.63, 3.8) is 0 Å². The van der Waals surface area contributed by atoms with Crippen LogP contribution in [0.1, 0.15) is 0 Å². The maximum absolute atomic E-state index is 8.99. The smallest absolute Gasteiger partial charge is 0.236 e. The first-order valence-electron chi connectivity index (χ1n) is 1.36. The Kier molecular flexibility index (Phi) is 3.71. The number of rotatable bonds is 2. The Bertz CT molecular complexity index is 28.8. The summed E-state index contributed by atoms with van der Waals surface area (Å²) in [6, 6.07) is 0. The first kappa shape index (κ1) is 4.83. The second-order valence-electron chi connectivity index (χ2n) is 0.492. The minimum Gasteiger partial charge on any atom is -0.437 e. The summed E-state index contributed by atoms with van der Waals surface area (Å²) >= 11 is 0. The quantitative estimate of drug-likeness (QED) is 0.234. The summed E-state index contributed by atoms with van der Waals surface area (Å²) in [5.41, 5.74) is 0. The Morgan fingerprint density at radius 1 is 2.00 bits per heavy atom. The summed E-state index contributed by atoms with van der Waals surface area (Å²) in [5, 5.41) is 2.20. The molecule has 0 bridgehead atoms. The molecule has 0 amide bonds. The first-order chi connectivity index (χ1) is 2.41. The summed E-state index contributed by atoms with van der Waals surface area (Å²) < 4.78 is 4.10. The highest BCUT2D eigenvalue weighted by atomic mass is 29.1. The zero-order chi connectivity index (χ0) is 4.12. The van der Waals surface area contributed by atoms with Crippen LogP contribution in [0.5, 0.6) is 0 Å². The molecular weight excluding hydrogens is 102 g/mol. The standard InChI is InChI=1S/H5NO2Si2/c2-1-3-5-4/h5H2,4H3. The summed E-state index contributed by atoms with van der Waals surface area (Å²) in [4.78, 5) is 8.99. The lowest BCUT2D eigenvalue weighted by atomic mass is 13.4. The number of hydrogen-bond acceptors (Lipinski definition) is 3. The summed E-state index contributed by atoms with van der Waals surface area (Å²) in [6.45, 7) is 0. The van der Waals surface area contributed by atoms with Gasteiger partial charge in [-0.25, -0.2) is 0 Å². The van der Waals surface area contributed by atoms with Crippen molar-refractivity contribution in [2.24, 2.45) is 5.34 Å². The van der Waals surface area contributed by atoms with E-state index >= 15 is 0 Å². The van der Waals surface area contributed by atoms with Gasteiger partial charge in [0.25, 0.3) is 0 Å². The lowest BCUT2D eigenvalue weighted by Gasteiger charge is -1.76. The van der Waals surface area contributed by atoms with Crippen LogP contribution in [0.25, 0.3) is 0 Å². The van der Waals surface area contributed by atoms with Gasteiger partial charge in [-0.15, -0.1) is 4.91 Å². The van der Waals surface area contributed by atoms with Gasteiger partial charge in [-0.05, 0) is 0 Å². The molecule has 5 heteroatoms. The molecule has 0 aromatic rings. The maximum Gasteiger partial charge on any atom is 0.236 e. The molecule has 0 heterocycles. The second-order valence-corrected chi connectivity index (χ2v) is 3.06. The highest BCUT2D eigenvalue weighted by Crippen LogP contribution is 1.57. The molecular formula is H5NO2Si2. The van der Waals surface area contributed by atoms with Crippen LogP contribution in [-0.4, -0.2) is 19.0 Å². The van der Waals surface area contributed by atoms with Crippen molar-refractivity contribution in [3.8, 4) is 0 Å². The fraction of sp³-hybridized carbons (Fsp3) is 0. The van der Waals surface area contributed by atoms with E-state index in [4.69, 9.17) is 4.91 Å². The largest absolute Gasteiger partial charge is 0.437 e. The van der Waals surface area contributed by atoms with Crippen molar-refractivity contribution in [3.05, 3.63) is 4.91 Å². The van der Waals surface area contributed by atoms with Crippen molar-refractivity contribution in [2.75, 3.05) is 0 Å². The monoisotopic (exact) mass is 107 g/mol. The van der Waals surface area contributed by atoms with Gasteiger partial charge in [0.15, 0.2) is 0 Å². The minimum absolute atomic E-state index is 0.426. The molecule has 0 aliphatic rings. The Morgan fingerprint density at radius 2 is 2.60 bits per heavy atom. The van der Waals surface area contributed by atoms with Crippen molar-refractivity contribution >= 4 is 19.0 Å². The molecule has 0 aromatic carbocycles. The van der Waals surface area contributed by atoms with Crippen LogP contribution in [-0.2, 0) is 4.53 Å². The van der Waals surface area contributed by atoms with Crippen LogP contribution in [0.2, 0.25) is 0 Å². The molecule has 0 spiro atoms. The van der Waals surface area contributed by atoms with Crippen molar-refractivity contribution < 1.29 is 4.53 Å². The molecule has 0 fully saturated rings. The van der Waals surface area contributed by atoms with Gasteiger partial charge in [0, 0.05) is 9.76 Å². The average Bonchev–Trinajstić information content (AvgIpc) is 1.41. The maximum atomic E-state index is 8.99.